The lowest BCUT2D eigenvalue weighted by atomic mass is 10.1. The summed E-state index contributed by atoms with van der Waals surface area (Å²) in [6, 6.07) is 8.95. The van der Waals surface area contributed by atoms with E-state index in [-0.39, 0.29) is 25.4 Å². The number of aldehydes is 1. The molecule has 0 aliphatic heterocycles. The van der Waals surface area contributed by atoms with E-state index in [9.17, 15) is 18.2 Å². The zero-order chi connectivity index (χ0) is 30.8. The van der Waals surface area contributed by atoms with Crippen LogP contribution in [0.15, 0.2) is 24.3 Å². The average molecular weight is 591 g/mol. The number of aromatic nitrogens is 2. The van der Waals surface area contributed by atoms with Crippen LogP contribution in [0.1, 0.15) is 78.2 Å². The van der Waals surface area contributed by atoms with E-state index >= 15 is 0 Å². The van der Waals surface area contributed by atoms with Gasteiger partial charge in [-0.2, -0.15) is 10.4 Å². The molecule has 0 radical (unpaired) electrons. The molecule has 3 rings (SSSR count). The van der Waals surface area contributed by atoms with E-state index in [4.69, 9.17) is 15.7 Å². The lowest BCUT2D eigenvalue weighted by molar-refractivity contribution is -0.0382. The molecule has 10 nitrogen and oxygen atoms in total. The van der Waals surface area contributed by atoms with Crippen molar-refractivity contribution in [3.63, 3.8) is 0 Å². The molecule has 0 saturated heterocycles. The van der Waals surface area contributed by atoms with Crippen molar-refractivity contribution in [2.45, 2.75) is 69.4 Å². The maximum atomic E-state index is 13.5. The van der Waals surface area contributed by atoms with Gasteiger partial charge in [-0.05, 0) is 57.9 Å². The lowest BCUT2D eigenvalue weighted by Crippen LogP contribution is -2.45. The van der Waals surface area contributed by atoms with Gasteiger partial charge in [0.2, 0.25) is 6.36 Å². The van der Waals surface area contributed by atoms with Gasteiger partial charge >= 0.3 is 0 Å². The maximum absolute atomic E-state index is 13.5. The number of aryl methyl sites for hydroxylation is 1. The summed E-state index contributed by atoms with van der Waals surface area (Å²) in [5, 5.41) is 16.1. The van der Waals surface area contributed by atoms with Crippen LogP contribution in [0.25, 0.3) is 0 Å². The molecule has 1 aromatic heterocycles. The van der Waals surface area contributed by atoms with Crippen molar-refractivity contribution in [3.05, 3.63) is 52.3 Å². The molecular formula is C29H43FN6O4S. The number of hydrogen-bond acceptors (Lipinski definition) is 8. The number of benzene rings is 1. The van der Waals surface area contributed by atoms with Gasteiger partial charge in [0.05, 0.1) is 27.7 Å². The predicted molar refractivity (Wildman–Crippen MR) is 158 cm³/mol. The first kappa shape index (κ1) is 34.2. The number of nitrogens with zero attached hydrogens (tertiary/aromatic N) is 4. The number of rotatable bonds is 15. The first-order valence-electron chi connectivity index (χ1n) is 13.8. The molecule has 1 heterocycles. The molecule has 1 aliphatic rings. The van der Waals surface area contributed by atoms with E-state index in [0.717, 1.165) is 18.4 Å². The van der Waals surface area contributed by atoms with E-state index in [1.54, 1.807) is 45.2 Å². The van der Waals surface area contributed by atoms with Crippen LogP contribution in [0.4, 0.5) is 4.39 Å². The Balaban J connectivity index is 0.00000287. The van der Waals surface area contributed by atoms with E-state index in [1.165, 1.54) is 4.68 Å². The van der Waals surface area contributed by atoms with Crippen LogP contribution < -0.4 is 11.1 Å². The Morgan fingerprint density at radius 1 is 1.37 bits per heavy atom. The van der Waals surface area contributed by atoms with Crippen LogP contribution >= 0.6 is 0 Å². The first-order chi connectivity index (χ1) is 19.5. The van der Waals surface area contributed by atoms with Gasteiger partial charge in [-0.25, -0.2) is 4.39 Å². The van der Waals surface area contributed by atoms with Gasteiger partial charge in [0, 0.05) is 49.6 Å². The van der Waals surface area contributed by atoms with Crippen molar-refractivity contribution < 1.29 is 22.9 Å². The Hall–Kier alpha value is -2.98. The quantitative estimate of drug-likeness (QED) is 0.302. The molecule has 12 heteroatoms. The lowest BCUT2D eigenvalue weighted by Gasteiger charge is -2.32. The van der Waals surface area contributed by atoms with E-state index in [1.807, 2.05) is 25.8 Å². The molecule has 226 valence electrons. The molecule has 1 aromatic carbocycles. The number of likely N-dealkylation sites (N-methyl/N-ethyl adjacent to an activating group) is 1. The largest absolute Gasteiger partial charge is 0.347 e. The number of nitrogens with two attached hydrogens (primary N) is 1. The molecule has 1 aliphatic carbocycles. The van der Waals surface area contributed by atoms with Crippen molar-refractivity contribution in [2.24, 2.45) is 12.8 Å². The van der Waals surface area contributed by atoms with Crippen LogP contribution in [0.2, 0.25) is 0 Å². The number of nitrogens with one attached hydrogen (secondary N) is 1. The Morgan fingerprint density at radius 3 is 2.54 bits per heavy atom. The SMILES string of the molecule is CC.CN(CCc1c(C(=O)NCc2ccc(C#N)cc2)nn(C)c1C=O)CC1(S(=O)C(C)(C)COC(F)CN)CC1. The number of amides is 1. The summed E-state index contributed by atoms with van der Waals surface area (Å²) in [6.45, 7) is 8.68. The number of hydrogen-bond donors (Lipinski definition) is 2. The standard InChI is InChI=1S/C27H37FN6O4S.C2H6/c1-26(2,18-38-23(28)14-30)39(37)27(10-11-27)17-33(3)12-9-21-22(16-35)34(4)32-24(21)25(36)31-15-20-7-5-19(13-29)6-8-20;1-2/h5-8,16,23H,9-12,14-15,17-18,30H2,1-4H3,(H,31,36);1-2H3. The highest BCUT2D eigenvalue weighted by molar-refractivity contribution is 7.88. The fraction of sp³-hybridized carbons (Fsp3) is 0.586. The molecule has 2 unspecified atom stereocenters. The number of carbonyl (C=O) groups is 2. The van der Waals surface area contributed by atoms with Crippen molar-refractivity contribution in [1.82, 2.24) is 20.0 Å². The second-order valence-corrected chi connectivity index (χ2v) is 13.1. The minimum atomic E-state index is -1.58. The summed E-state index contributed by atoms with van der Waals surface area (Å²) in [5.41, 5.74) is 7.71. The zero-order valence-corrected chi connectivity index (χ0v) is 25.7. The Bertz CT molecular complexity index is 1240. The smallest absolute Gasteiger partial charge is 0.272 e. The summed E-state index contributed by atoms with van der Waals surface area (Å²) >= 11 is 0. The van der Waals surface area contributed by atoms with Gasteiger partial charge in [-0.15, -0.1) is 0 Å². The third-order valence-electron chi connectivity index (χ3n) is 6.86. The summed E-state index contributed by atoms with van der Waals surface area (Å²) in [4.78, 5) is 26.9. The number of ether oxygens (including phenoxy) is 1. The highest BCUT2D eigenvalue weighted by atomic mass is 32.2. The highest BCUT2D eigenvalue weighted by Gasteiger charge is 2.53. The van der Waals surface area contributed by atoms with Crippen LogP contribution in [-0.4, -0.2) is 80.2 Å². The predicted octanol–water partition coefficient (Wildman–Crippen LogP) is 2.87. The molecule has 1 amide bonds. The molecule has 0 spiro atoms. The van der Waals surface area contributed by atoms with Crippen molar-refractivity contribution in [1.29, 1.82) is 5.26 Å². The third-order valence-corrected chi connectivity index (χ3v) is 9.30. The van der Waals surface area contributed by atoms with Crippen molar-refractivity contribution in [3.8, 4) is 6.07 Å². The topological polar surface area (TPSA) is 143 Å². The molecule has 2 atom stereocenters. The molecule has 1 saturated carbocycles. The normalized spacial score (nSPS) is 15.3. The monoisotopic (exact) mass is 590 g/mol. The fourth-order valence-electron chi connectivity index (χ4n) is 4.53. The van der Waals surface area contributed by atoms with Gasteiger partial charge in [0.1, 0.15) is 5.69 Å². The number of alkyl halides is 1. The number of halogens is 1. The Kier molecular flexibility index (Phi) is 12.8. The van der Waals surface area contributed by atoms with E-state index < -0.39 is 32.6 Å². The van der Waals surface area contributed by atoms with Gasteiger partial charge < -0.3 is 20.7 Å². The number of carbonyl (C=O) groups excluding carboxylic acids is 2. The van der Waals surface area contributed by atoms with Crippen LogP contribution in [0.3, 0.4) is 0 Å². The molecule has 1 fully saturated rings. The second-order valence-electron chi connectivity index (χ2n) is 10.6. The fourth-order valence-corrected chi connectivity index (χ4v) is 6.69. The third kappa shape index (κ3) is 9.00. The highest BCUT2D eigenvalue weighted by Crippen LogP contribution is 2.46. The number of nitriles is 1. The van der Waals surface area contributed by atoms with Gasteiger partial charge in [-0.1, -0.05) is 26.0 Å². The molecular weight excluding hydrogens is 547 g/mol. The van der Waals surface area contributed by atoms with Crippen LogP contribution in [0.5, 0.6) is 0 Å². The summed E-state index contributed by atoms with van der Waals surface area (Å²) in [7, 11) is 2.25. The average Bonchev–Trinajstić information content (AvgIpc) is 3.68. The van der Waals surface area contributed by atoms with E-state index in [0.29, 0.717) is 42.6 Å². The molecule has 3 N–H and O–H groups in total. The van der Waals surface area contributed by atoms with E-state index in [2.05, 4.69) is 16.5 Å². The minimum Gasteiger partial charge on any atom is -0.347 e. The summed E-state index contributed by atoms with van der Waals surface area (Å²) in [5.74, 6) is -0.397. The maximum Gasteiger partial charge on any atom is 0.272 e. The van der Waals surface area contributed by atoms with Crippen molar-refractivity contribution in [2.75, 3.05) is 33.3 Å². The molecule has 41 heavy (non-hydrogen) atoms. The van der Waals surface area contributed by atoms with Crippen LogP contribution in [0, 0.1) is 11.3 Å². The van der Waals surface area contributed by atoms with Crippen LogP contribution in [-0.2, 0) is 35.5 Å². The molecule has 0 bridgehead atoms. The summed E-state index contributed by atoms with van der Waals surface area (Å²) in [6.07, 6.45) is 1.09. The summed E-state index contributed by atoms with van der Waals surface area (Å²) < 4.78 is 32.3. The van der Waals surface area contributed by atoms with Gasteiger partial charge in [0.25, 0.3) is 5.91 Å². The Morgan fingerprint density at radius 2 is 2.00 bits per heavy atom. The Labute approximate surface area is 244 Å². The first-order valence-corrected chi connectivity index (χ1v) is 15.0. The van der Waals surface area contributed by atoms with Gasteiger partial charge in [0.15, 0.2) is 12.0 Å². The second kappa shape index (κ2) is 15.3. The molecule has 2 aromatic rings. The minimum absolute atomic E-state index is 0.00274. The van der Waals surface area contributed by atoms with Crippen molar-refractivity contribution >= 4 is 23.0 Å². The van der Waals surface area contributed by atoms with Gasteiger partial charge in [-0.3, -0.25) is 18.5 Å². The zero-order valence-electron chi connectivity index (χ0n) is 24.9.